The van der Waals surface area contributed by atoms with Crippen molar-refractivity contribution in [2.75, 3.05) is 13.7 Å². The third-order valence-electron chi connectivity index (χ3n) is 3.28. The summed E-state index contributed by atoms with van der Waals surface area (Å²) in [4.78, 5) is 11.7. The Bertz CT molecular complexity index is 568. The molecule has 0 aliphatic rings. The third-order valence-corrected chi connectivity index (χ3v) is 3.28. The van der Waals surface area contributed by atoms with Gasteiger partial charge in [-0.2, -0.15) is 0 Å². The van der Waals surface area contributed by atoms with Gasteiger partial charge in [-0.1, -0.05) is 30.4 Å². The van der Waals surface area contributed by atoms with Crippen molar-refractivity contribution in [3.63, 3.8) is 0 Å². The molecular formula is C19H24O4. The van der Waals surface area contributed by atoms with E-state index < -0.39 is 0 Å². The van der Waals surface area contributed by atoms with E-state index in [9.17, 15) is 9.90 Å². The SMILES string of the molecule is C=C/C(=C\C=C(/C)CCC(=O)OCCc1ccc(O)cc1)OC. The fourth-order valence-electron chi connectivity index (χ4n) is 1.84. The Morgan fingerprint density at radius 3 is 2.52 bits per heavy atom. The molecule has 4 heteroatoms. The summed E-state index contributed by atoms with van der Waals surface area (Å²) in [6.07, 6.45) is 6.98. The number of aromatic hydroxyl groups is 1. The third kappa shape index (κ3) is 7.90. The molecule has 0 saturated heterocycles. The normalized spacial score (nSPS) is 11.9. The van der Waals surface area contributed by atoms with E-state index >= 15 is 0 Å². The van der Waals surface area contributed by atoms with Gasteiger partial charge in [-0.25, -0.2) is 0 Å². The predicted molar refractivity (Wildman–Crippen MR) is 91.0 cm³/mol. The van der Waals surface area contributed by atoms with Crippen molar-refractivity contribution in [1.82, 2.24) is 0 Å². The highest BCUT2D eigenvalue weighted by Crippen LogP contribution is 2.11. The molecule has 1 N–H and O–H groups in total. The molecule has 0 aromatic heterocycles. The van der Waals surface area contributed by atoms with Gasteiger partial charge < -0.3 is 14.6 Å². The summed E-state index contributed by atoms with van der Waals surface area (Å²) in [5.41, 5.74) is 2.09. The zero-order chi connectivity index (χ0) is 17.1. The molecule has 0 unspecified atom stereocenters. The van der Waals surface area contributed by atoms with E-state index in [-0.39, 0.29) is 11.7 Å². The molecule has 1 aromatic rings. The first kappa shape index (κ1) is 18.6. The van der Waals surface area contributed by atoms with Gasteiger partial charge in [0.05, 0.1) is 13.7 Å². The van der Waals surface area contributed by atoms with Gasteiger partial charge in [0.25, 0.3) is 0 Å². The maximum Gasteiger partial charge on any atom is 0.306 e. The van der Waals surface area contributed by atoms with Gasteiger partial charge in [-0.3, -0.25) is 4.79 Å². The zero-order valence-electron chi connectivity index (χ0n) is 13.7. The molecule has 23 heavy (non-hydrogen) atoms. The van der Waals surface area contributed by atoms with Crippen molar-refractivity contribution >= 4 is 5.97 Å². The van der Waals surface area contributed by atoms with Crippen molar-refractivity contribution in [2.45, 2.75) is 26.2 Å². The van der Waals surface area contributed by atoms with Crippen LogP contribution in [0.15, 0.2) is 60.4 Å². The first-order valence-corrected chi connectivity index (χ1v) is 7.52. The second kappa shape index (κ2) is 10.3. The zero-order valence-corrected chi connectivity index (χ0v) is 13.7. The Hall–Kier alpha value is -2.49. The van der Waals surface area contributed by atoms with Crippen LogP contribution in [-0.2, 0) is 20.7 Å². The molecule has 0 spiro atoms. The number of benzene rings is 1. The molecule has 0 radical (unpaired) electrons. The molecule has 0 aliphatic carbocycles. The lowest BCUT2D eigenvalue weighted by Gasteiger charge is -2.05. The minimum absolute atomic E-state index is 0.212. The van der Waals surface area contributed by atoms with Crippen LogP contribution in [0.1, 0.15) is 25.3 Å². The van der Waals surface area contributed by atoms with Gasteiger partial charge in [0.1, 0.15) is 11.5 Å². The van der Waals surface area contributed by atoms with Crippen LogP contribution in [0.4, 0.5) is 0 Å². The first-order chi connectivity index (χ1) is 11.0. The van der Waals surface area contributed by atoms with E-state index in [1.54, 1.807) is 25.3 Å². The molecule has 124 valence electrons. The van der Waals surface area contributed by atoms with Crippen LogP contribution in [0.2, 0.25) is 0 Å². The summed E-state index contributed by atoms with van der Waals surface area (Å²) in [5.74, 6) is 0.701. The molecular weight excluding hydrogens is 292 g/mol. The quantitative estimate of drug-likeness (QED) is 0.426. The number of esters is 1. The van der Waals surface area contributed by atoms with Gasteiger partial charge in [0, 0.05) is 12.8 Å². The Kier molecular flexibility index (Phi) is 8.29. The highest BCUT2D eigenvalue weighted by Gasteiger charge is 2.03. The van der Waals surface area contributed by atoms with Crippen LogP contribution in [0.5, 0.6) is 5.75 Å². The summed E-state index contributed by atoms with van der Waals surface area (Å²) in [7, 11) is 1.59. The fourth-order valence-corrected chi connectivity index (χ4v) is 1.84. The molecule has 0 heterocycles. The molecule has 0 fully saturated rings. The van der Waals surface area contributed by atoms with Crippen molar-refractivity contribution in [3.05, 3.63) is 66.0 Å². The van der Waals surface area contributed by atoms with Crippen LogP contribution < -0.4 is 0 Å². The summed E-state index contributed by atoms with van der Waals surface area (Å²) < 4.78 is 10.3. The number of phenolic OH excluding ortho intramolecular Hbond substituents is 1. The van der Waals surface area contributed by atoms with Gasteiger partial charge >= 0.3 is 5.97 Å². The van der Waals surface area contributed by atoms with Crippen molar-refractivity contribution in [1.29, 1.82) is 0 Å². The second-order valence-corrected chi connectivity index (χ2v) is 5.13. The van der Waals surface area contributed by atoms with Crippen LogP contribution >= 0.6 is 0 Å². The standard InChI is InChI=1S/C19H24O4/c1-4-18(22-3)11-5-15(2)6-12-19(21)23-14-13-16-7-9-17(20)10-8-16/h4-5,7-11,20H,1,6,12-14H2,2-3H3/b15-5+,18-11+. The van der Waals surface area contributed by atoms with Gasteiger partial charge in [-0.05, 0) is 43.2 Å². The Labute approximate surface area is 137 Å². The van der Waals surface area contributed by atoms with Crippen molar-refractivity contribution in [2.24, 2.45) is 0 Å². The molecule has 0 bridgehead atoms. The van der Waals surface area contributed by atoms with Crippen molar-refractivity contribution in [3.8, 4) is 5.75 Å². The smallest absolute Gasteiger partial charge is 0.306 e. The minimum atomic E-state index is -0.212. The van der Waals surface area contributed by atoms with E-state index in [4.69, 9.17) is 9.47 Å². The molecule has 0 amide bonds. The maximum absolute atomic E-state index is 11.7. The van der Waals surface area contributed by atoms with Crippen LogP contribution in [0, 0.1) is 0 Å². The monoisotopic (exact) mass is 316 g/mol. The number of methoxy groups -OCH3 is 1. The number of rotatable bonds is 9. The number of hydrogen-bond acceptors (Lipinski definition) is 4. The summed E-state index contributed by atoms with van der Waals surface area (Å²) in [6, 6.07) is 6.87. The van der Waals surface area contributed by atoms with Gasteiger partial charge in [-0.15, -0.1) is 0 Å². The minimum Gasteiger partial charge on any atom is -0.508 e. The highest BCUT2D eigenvalue weighted by atomic mass is 16.5. The van der Waals surface area contributed by atoms with E-state index in [0.29, 0.717) is 31.6 Å². The number of allylic oxidation sites excluding steroid dienone is 4. The Balaban J connectivity index is 2.28. The van der Waals surface area contributed by atoms with E-state index in [1.165, 1.54) is 0 Å². The summed E-state index contributed by atoms with van der Waals surface area (Å²) in [5, 5.41) is 9.19. The van der Waals surface area contributed by atoms with Crippen LogP contribution in [0.3, 0.4) is 0 Å². The lowest BCUT2D eigenvalue weighted by molar-refractivity contribution is -0.143. The average Bonchev–Trinajstić information content (AvgIpc) is 2.55. The van der Waals surface area contributed by atoms with Gasteiger partial charge in [0.2, 0.25) is 0 Å². The van der Waals surface area contributed by atoms with E-state index in [0.717, 1.165) is 11.1 Å². The number of hydrogen-bond donors (Lipinski definition) is 1. The lowest BCUT2D eigenvalue weighted by atomic mass is 10.1. The predicted octanol–water partition coefficient (Wildman–Crippen LogP) is 3.92. The van der Waals surface area contributed by atoms with Gasteiger partial charge in [0.15, 0.2) is 0 Å². The Morgan fingerprint density at radius 1 is 1.22 bits per heavy atom. The topological polar surface area (TPSA) is 55.8 Å². The molecule has 1 aromatic carbocycles. The summed E-state index contributed by atoms with van der Waals surface area (Å²) >= 11 is 0. The van der Waals surface area contributed by atoms with Crippen LogP contribution in [0.25, 0.3) is 0 Å². The maximum atomic E-state index is 11.7. The van der Waals surface area contributed by atoms with Crippen LogP contribution in [-0.4, -0.2) is 24.8 Å². The van der Waals surface area contributed by atoms with E-state index in [2.05, 4.69) is 6.58 Å². The number of carbonyl (C=O) groups is 1. The number of ether oxygens (including phenoxy) is 2. The number of phenols is 1. The molecule has 4 nitrogen and oxygen atoms in total. The van der Waals surface area contributed by atoms with Crippen molar-refractivity contribution < 1.29 is 19.4 Å². The largest absolute Gasteiger partial charge is 0.508 e. The first-order valence-electron chi connectivity index (χ1n) is 7.52. The fraction of sp³-hybridized carbons (Fsp3) is 0.316. The molecule has 0 saturated carbocycles. The summed E-state index contributed by atoms with van der Waals surface area (Å²) in [6.45, 7) is 5.94. The Morgan fingerprint density at radius 2 is 1.91 bits per heavy atom. The highest BCUT2D eigenvalue weighted by molar-refractivity contribution is 5.69. The molecule has 1 rings (SSSR count). The average molecular weight is 316 g/mol. The lowest BCUT2D eigenvalue weighted by Crippen LogP contribution is -2.07. The molecule has 0 atom stereocenters. The van der Waals surface area contributed by atoms with E-state index in [1.807, 2.05) is 31.2 Å². The second-order valence-electron chi connectivity index (χ2n) is 5.13. The number of carbonyl (C=O) groups excluding carboxylic acids is 1. The molecule has 0 aliphatic heterocycles.